The van der Waals surface area contributed by atoms with Crippen LogP contribution in [0.2, 0.25) is 0 Å². The Morgan fingerprint density at radius 1 is 1.60 bits per heavy atom. The molecule has 0 spiro atoms. The van der Waals surface area contributed by atoms with Gasteiger partial charge in [0.2, 0.25) is 10.0 Å². The molecular weight excluding hydrogens is 158 g/mol. The van der Waals surface area contributed by atoms with E-state index in [1.165, 1.54) is 6.92 Å². The summed E-state index contributed by atoms with van der Waals surface area (Å²) >= 11 is 0. The van der Waals surface area contributed by atoms with Crippen LogP contribution in [0.25, 0.3) is 0 Å². The molecule has 60 valence electrons. The molecule has 1 N–H and O–H groups in total. The summed E-state index contributed by atoms with van der Waals surface area (Å²) in [5, 5.41) is 0. The van der Waals surface area contributed by atoms with Crippen LogP contribution in [0.15, 0.2) is 0 Å². The Morgan fingerprint density at radius 2 is 2.10 bits per heavy atom. The monoisotopic (exact) mass is 167 g/mol. The summed E-state index contributed by atoms with van der Waals surface area (Å²) in [7, 11) is -3.41. The summed E-state index contributed by atoms with van der Waals surface area (Å²) in [4.78, 5) is 15.7. The van der Waals surface area contributed by atoms with Gasteiger partial charge in [-0.3, -0.25) is 4.79 Å². The van der Waals surface area contributed by atoms with Crippen LogP contribution in [-0.2, 0) is 19.7 Å². The van der Waals surface area contributed by atoms with Gasteiger partial charge in [0.1, 0.15) is 0 Å². The van der Waals surface area contributed by atoms with E-state index in [4.69, 9.17) is 0 Å². The number of carbonyl (C=O) groups excluding carboxylic acids is 1. The Bertz CT molecular complexity index is 207. The van der Waals surface area contributed by atoms with E-state index in [-0.39, 0.29) is 5.75 Å². The van der Waals surface area contributed by atoms with Gasteiger partial charge in [-0.2, -0.15) is 0 Å². The van der Waals surface area contributed by atoms with E-state index < -0.39 is 16.0 Å². The van der Waals surface area contributed by atoms with Crippen LogP contribution in [0, 0.1) is 0 Å². The molecule has 0 aromatic rings. The minimum Gasteiger partial charge on any atom is -0.356 e. The molecule has 0 fully saturated rings. The van der Waals surface area contributed by atoms with Crippen molar-refractivity contribution in [2.75, 3.05) is 5.75 Å². The summed E-state index contributed by atoms with van der Waals surface area (Å²) in [5.41, 5.74) is 0. The van der Waals surface area contributed by atoms with Crippen molar-refractivity contribution in [1.82, 2.24) is 4.89 Å². The van der Waals surface area contributed by atoms with Crippen molar-refractivity contribution in [3.63, 3.8) is 0 Å². The van der Waals surface area contributed by atoms with Crippen LogP contribution in [0.4, 0.5) is 0 Å². The summed E-state index contributed by atoms with van der Waals surface area (Å²) in [6.45, 7) is 2.55. The molecule has 0 aliphatic heterocycles. The van der Waals surface area contributed by atoms with E-state index >= 15 is 0 Å². The van der Waals surface area contributed by atoms with Crippen LogP contribution in [0.1, 0.15) is 13.8 Å². The Labute approximate surface area is 59.4 Å². The lowest BCUT2D eigenvalue weighted by Crippen LogP contribution is -2.27. The minimum atomic E-state index is -3.41. The van der Waals surface area contributed by atoms with Crippen molar-refractivity contribution in [2.24, 2.45) is 0 Å². The maximum atomic E-state index is 10.5. The molecule has 0 heterocycles. The molecule has 0 aliphatic rings. The highest BCUT2D eigenvalue weighted by molar-refractivity contribution is 7.89. The molecule has 0 rings (SSSR count). The lowest BCUT2D eigenvalue weighted by atomic mass is 10.8. The number of hydrogen-bond donors (Lipinski definition) is 1. The third kappa shape index (κ3) is 4.28. The Balaban J connectivity index is 3.81. The predicted molar refractivity (Wildman–Crippen MR) is 34.4 cm³/mol. The number of nitrogens with one attached hydrogen (secondary N) is 1. The molecule has 5 nitrogen and oxygen atoms in total. The van der Waals surface area contributed by atoms with Crippen molar-refractivity contribution < 1.29 is 18.0 Å². The van der Waals surface area contributed by atoms with E-state index in [9.17, 15) is 13.2 Å². The second-order valence-electron chi connectivity index (χ2n) is 1.58. The maximum absolute atomic E-state index is 10.5. The number of rotatable bonds is 3. The molecule has 10 heavy (non-hydrogen) atoms. The fraction of sp³-hybridized carbons (Fsp3) is 0.750. The Kier molecular flexibility index (Phi) is 3.31. The van der Waals surface area contributed by atoms with Gasteiger partial charge < -0.3 is 4.84 Å². The average Bonchev–Trinajstić information content (AvgIpc) is 1.85. The molecule has 0 saturated carbocycles. The summed E-state index contributed by atoms with van der Waals surface area (Å²) in [6, 6.07) is 0. The fourth-order valence-corrected chi connectivity index (χ4v) is 0.543. The smallest absolute Gasteiger partial charge is 0.323 e. The second kappa shape index (κ2) is 3.52. The van der Waals surface area contributed by atoms with Gasteiger partial charge >= 0.3 is 5.97 Å². The first-order valence-corrected chi connectivity index (χ1v) is 4.30. The first-order chi connectivity index (χ1) is 4.48. The Morgan fingerprint density at radius 3 is 2.40 bits per heavy atom. The van der Waals surface area contributed by atoms with E-state index in [0.717, 1.165) is 6.92 Å². The molecule has 0 saturated heterocycles. The van der Waals surface area contributed by atoms with E-state index in [1.54, 1.807) is 4.89 Å². The predicted octanol–water partition coefficient (Wildman–Crippen LogP) is -0.596. The van der Waals surface area contributed by atoms with E-state index in [0.29, 0.717) is 0 Å². The minimum absolute atomic E-state index is 0.111. The zero-order valence-electron chi connectivity index (χ0n) is 5.75. The molecule has 0 amide bonds. The topological polar surface area (TPSA) is 72.5 Å². The van der Waals surface area contributed by atoms with Gasteiger partial charge in [-0.15, -0.1) is 0 Å². The molecule has 6 heteroatoms. The van der Waals surface area contributed by atoms with E-state index in [1.807, 2.05) is 0 Å². The van der Waals surface area contributed by atoms with Gasteiger partial charge in [-0.05, 0) is 11.8 Å². The maximum Gasteiger partial charge on any atom is 0.323 e. The molecule has 0 bridgehead atoms. The lowest BCUT2D eigenvalue weighted by Gasteiger charge is -2.00. The van der Waals surface area contributed by atoms with Crippen molar-refractivity contribution in [1.29, 1.82) is 0 Å². The van der Waals surface area contributed by atoms with E-state index in [2.05, 4.69) is 4.84 Å². The van der Waals surface area contributed by atoms with Gasteiger partial charge in [-0.25, -0.2) is 8.42 Å². The SMILES string of the molecule is CCS(=O)(=O)NOC(C)=O. The third-order valence-electron chi connectivity index (χ3n) is 0.692. The van der Waals surface area contributed by atoms with Crippen LogP contribution in [0.5, 0.6) is 0 Å². The summed E-state index contributed by atoms with van der Waals surface area (Å²) in [5.74, 6) is -0.794. The van der Waals surface area contributed by atoms with Gasteiger partial charge in [0.15, 0.2) is 0 Å². The highest BCUT2D eigenvalue weighted by Crippen LogP contribution is 1.81. The average molecular weight is 167 g/mol. The summed E-state index contributed by atoms with van der Waals surface area (Å²) in [6.07, 6.45) is 0. The van der Waals surface area contributed by atoms with Gasteiger partial charge in [0, 0.05) is 6.92 Å². The normalized spacial score (nSPS) is 11.0. The number of hydrogen-bond acceptors (Lipinski definition) is 4. The third-order valence-corrected chi connectivity index (χ3v) is 1.79. The quantitative estimate of drug-likeness (QED) is 0.570. The van der Waals surface area contributed by atoms with Crippen LogP contribution >= 0.6 is 0 Å². The molecule has 0 aromatic heterocycles. The second-order valence-corrected chi connectivity index (χ2v) is 3.55. The van der Waals surface area contributed by atoms with Gasteiger partial charge in [-0.1, -0.05) is 0 Å². The van der Waals surface area contributed by atoms with Crippen molar-refractivity contribution in [2.45, 2.75) is 13.8 Å². The van der Waals surface area contributed by atoms with Crippen LogP contribution in [-0.4, -0.2) is 20.1 Å². The fourth-order valence-electron chi connectivity index (χ4n) is 0.181. The first-order valence-electron chi connectivity index (χ1n) is 2.65. The van der Waals surface area contributed by atoms with Crippen molar-refractivity contribution >= 4 is 16.0 Å². The van der Waals surface area contributed by atoms with Crippen molar-refractivity contribution in [3.05, 3.63) is 0 Å². The zero-order valence-corrected chi connectivity index (χ0v) is 6.56. The Hall–Kier alpha value is -0.620. The summed E-state index contributed by atoms with van der Waals surface area (Å²) < 4.78 is 21.0. The number of carbonyl (C=O) groups is 1. The lowest BCUT2D eigenvalue weighted by molar-refractivity contribution is -0.144. The zero-order chi connectivity index (χ0) is 8.20. The molecule has 0 atom stereocenters. The molecule has 0 unspecified atom stereocenters. The molecule has 0 radical (unpaired) electrons. The largest absolute Gasteiger partial charge is 0.356 e. The highest BCUT2D eigenvalue weighted by atomic mass is 32.2. The van der Waals surface area contributed by atoms with Gasteiger partial charge in [0.25, 0.3) is 0 Å². The van der Waals surface area contributed by atoms with Crippen LogP contribution < -0.4 is 4.89 Å². The molecule has 0 aromatic carbocycles. The number of sulfonamides is 1. The van der Waals surface area contributed by atoms with Gasteiger partial charge in [0.05, 0.1) is 5.75 Å². The van der Waals surface area contributed by atoms with Crippen molar-refractivity contribution in [3.8, 4) is 0 Å². The first kappa shape index (κ1) is 9.38. The standard InChI is InChI=1S/C4H9NO4S/c1-3-10(7,8)5-9-4(2)6/h5H,3H2,1-2H3. The molecule has 0 aliphatic carbocycles. The highest BCUT2D eigenvalue weighted by Gasteiger charge is 2.06. The molecular formula is C4H9NO4S. The van der Waals surface area contributed by atoms with Crippen LogP contribution in [0.3, 0.4) is 0 Å².